The average Bonchev–Trinajstić information content (AvgIpc) is 3.82. The van der Waals surface area contributed by atoms with E-state index in [-0.39, 0.29) is 17.5 Å². The van der Waals surface area contributed by atoms with E-state index >= 15 is 0 Å². The molecule has 0 atom stereocenters. The third kappa shape index (κ3) is 5.26. The number of fused-ring (bicyclic) bond motifs is 9. The Hall–Kier alpha value is -7.43. The number of hydrogen-bond acceptors (Lipinski definition) is 4. The Labute approximate surface area is 343 Å². The van der Waals surface area contributed by atoms with Crippen molar-refractivity contribution in [1.29, 1.82) is 0 Å². The first-order valence-electron chi connectivity index (χ1n) is 26.5. The molecule has 55 heavy (non-hydrogen) atoms. The third-order valence-corrected chi connectivity index (χ3v) is 9.22. The van der Waals surface area contributed by atoms with Crippen molar-refractivity contribution < 1.29 is 30.5 Å². The minimum Gasteiger partial charge on any atom is -0.455 e. The lowest BCUT2D eigenvalue weighted by molar-refractivity contribution is 0.669. The number of nitrogens with zero attached hydrogens (tertiary/aromatic N) is 3. The van der Waals surface area contributed by atoms with E-state index in [0.717, 1.165) is 10.8 Å². The molecule has 4 nitrogen and oxygen atoms in total. The van der Waals surface area contributed by atoms with E-state index < -0.39 is 175 Å². The van der Waals surface area contributed by atoms with Crippen molar-refractivity contribution in [1.82, 2.24) is 15.0 Å². The molecule has 0 radical (unpaired) electrons. The van der Waals surface area contributed by atoms with Crippen molar-refractivity contribution in [3.63, 3.8) is 0 Å². The van der Waals surface area contributed by atoms with Gasteiger partial charge in [0, 0.05) is 21.9 Å². The molecule has 0 unspecified atom stereocenters. The summed E-state index contributed by atoms with van der Waals surface area (Å²) >= 11 is 0. The Kier molecular flexibility index (Phi) is 4.03. The number of benzene rings is 9. The zero-order valence-electron chi connectivity index (χ0n) is 47.2. The summed E-state index contributed by atoms with van der Waals surface area (Å²) < 4.78 is 179. The molecule has 2 aromatic heterocycles. The van der Waals surface area contributed by atoms with Gasteiger partial charge in [-0.1, -0.05) is 163 Å². The Bertz CT molecular complexity index is 4300. The number of aromatic nitrogens is 3. The number of hydrogen-bond donors (Lipinski definition) is 0. The van der Waals surface area contributed by atoms with Gasteiger partial charge in [0.2, 0.25) is 0 Å². The van der Waals surface area contributed by atoms with Crippen LogP contribution in [-0.2, 0) is 0 Å². The minimum atomic E-state index is -0.940. The molecular formula is C51H31N3O. The lowest BCUT2D eigenvalue weighted by Crippen LogP contribution is -2.00. The van der Waals surface area contributed by atoms with Crippen molar-refractivity contribution in [3.05, 3.63) is 188 Å². The first kappa shape index (κ1) is 17.6. The Balaban J connectivity index is 1.18. The standard InChI is InChI=1S/C51H31N3O/c1-2-12-34(13-3-1)49-52-50(54-51(53-49)45-22-11-21-44-43-20-8-9-23-47(43)55-48(44)45)37-15-10-14-35(30-37)32-24-26-33(27-25-32)36-28-29-42-40-18-5-4-16-38(40)39-17-6-7-19-41(39)46(42)31-36/h1-31H/i4D,5D,6D,7D,10D,14D,15D,16D,17D,18D,19D,24D,25D,26D,27D,28D,29D,30D,31D. The van der Waals surface area contributed by atoms with Crippen molar-refractivity contribution in [2.24, 2.45) is 0 Å². The Morgan fingerprint density at radius 2 is 0.891 bits per heavy atom. The molecule has 11 aromatic rings. The van der Waals surface area contributed by atoms with Crippen LogP contribution in [0.15, 0.2) is 192 Å². The molecule has 11 rings (SSSR count). The second-order valence-electron chi connectivity index (χ2n) is 12.5. The van der Waals surface area contributed by atoms with Gasteiger partial charge in [-0.15, -0.1) is 0 Å². The smallest absolute Gasteiger partial charge is 0.167 e. The lowest BCUT2D eigenvalue weighted by Gasteiger charge is -2.12. The molecule has 0 aliphatic carbocycles. The van der Waals surface area contributed by atoms with Gasteiger partial charge in [-0.2, -0.15) is 0 Å². The van der Waals surface area contributed by atoms with E-state index in [9.17, 15) is 11.0 Å². The van der Waals surface area contributed by atoms with Crippen molar-refractivity contribution >= 4 is 54.3 Å². The number of para-hydroxylation sites is 2. The normalized spacial score (nSPS) is 16.5. The number of furan rings is 1. The van der Waals surface area contributed by atoms with Crippen LogP contribution in [0.2, 0.25) is 0 Å². The van der Waals surface area contributed by atoms with Crippen LogP contribution in [0, 0.1) is 0 Å². The summed E-state index contributed by atoms with van der Waals surface area (Å²) in [5.41, 5.74) is -1.22. The topological polar surface area (TPSA) is 51.8 Å². The highest BCUT2D eigenvalue weighted by atomic mass is 16.3. The predicted octanol–water partition coefficient (Wildman–Crippen LogP) is 13.6. The first-order valence-corrected chi connectivity index (χ1v) is 17.0. The van der Waals surface area contributed by atoms with Gasteiger partial charge in [0.25, 0.3) is 0 Å². The molecule has 0 aliphatic rings. The molecule has 256 valence electrons. The quantitative estimate of drug-likeness (QED) is 0.166. The van der Waals surface area contributed by atoms with Gasteiger partial charge >= 0.3 is 0 Å². The molecule has 4 heteroatoms. The zero-order valence-corrected chi connectivity index (χ0v) is 28.2. The van der Waals surface area contributed by atoms with Gasteiger partial charge in [-0.25, -0.2) is 15.0 Å². The fraction of sp³-hybridized carbons (Fsp3) is 0. The molecule has 0 saturated carbocycles. The largest absolute Gasteiger partial charge is 0.455 e. The van der Waals surface area contributed by atoms with Crippen LogP contribution < -0.4 is 0 Å². The summed E-state index contributed by atoms with van der Waals surface area (Å²) in [5, 5.41) is -1.06. The molecule has 0 amide bonds. The molecule has 0 N–H and O–H groups in total. The molecular weight excluding hydrogens is 671 g/mol. The van der Waals surface area contributed by atoms with Crippen molar-refractivity contribution in [3.8, 4) is 56.4 Å². The molecule has 0 aliphatic heterocycles. The predicted molar refractivity (Wildman–Crippen MR) is 227 cm³/mol. The fourth-order valence-electron chi connectivity index (χ4n) is 6.67. The molecule has 0 bridgehead atoms. The summed E-state index contributed by atoms with van der Waals surface area (Å²) in [7, 11) is 0. The highest BCUT2D eigenvalue weighted by Crippen LogP contribution is 2.39. The Morgan fingerprint density at radius 1 is 0.345 bits per heavy atom. The van der Waals surface area contributed by atoms with E-state index in [1.807, 2.05) is 24.3 Å². The van der Waals surface area contributed by atoms with Crippen LogP contribution in [0.4, 0.5) is 0 Å². The van der Waals surface area contributed by atoms with Gasteiger partial charge in [0.15, 0.2) is 17.5 Å². The monoisotopic (exact) mass is 720 g/mol. The Morgan fingerprint density at radius 3 is 1.62 bits per heavy atom. The number of rotatable bonds is 5. The second-order valence-corrected chi connectivity index (χ2v) is 12.5. The van der Waals surface area contributed by atoms with Crippen LogP contribution in [-0.4, -0.2) is 15.0 Å². The van der Waals surface area contributed by atoms with Gasteiger partial charge in [-0.3, -0.25) is 0 Å². The van der Waals surface area contributed by atoms with E-state index in [1.165, 1.54) is 0 Å². The molecule has 0 saturated heterocycles. The zero-order chi connectivity index (χ0) is 52.8. The second kappa shape index (κ2) is 12.6. The molecule has 9 aromatic carbocycles. The van der Waals surface area contributed by atoms with Gasteiger partial charge < -0.3 is 4.42 Å². The highest BCUT2D eigenvalue weighted by Gasteiger charge is 2.18. The van der Waals surface area contributed by atoms with E-state index in [0.29, 0.717) is 22.3 Å². The average molecular weight is 721 g/mol. The summed E-state index contributed by atoms with van der Waals surface area (Å²) in [6.07, 6.45) is 0. The molecule has 0 spiro atoms. The molecule has 0 fully saturated rings. The van der Waals surface area contributed by atoms with E-state index in [1.54, 1.807) is 48.5 Å². The van der Waals surface area contributed by atoms with E-state index in [4.69, 9.17) is 29.5 Å². The van der Waals surface area contributed by atoms with Crippen molar-refractivity contribution in [2.75, 3.05) is 0 Å². The van der Waals surface area contributed by atoms with Gasteiger partial charge in [0.1, 0.15) is 11.2 Å². The van der Waals surface area contributed by atoms with Crippen LogP contribution in [0.25, 0.3) is 111 Å². The minimum absolute atomic E-state index is 0.0483. The van der Waals surface area contributed by atoms with Crippen LogP contribution in [0.1, 0.15) is 26.0 Å². The summed E-state index contributed by atoms with van der Waals surface area (Å²) in [6.45, 7) is 0. The summed E-state index contributed by atoms with van der Waals surface area (Å²) in [4.78, 5) is 14.2. The fourth-order valence-corrected chi connectivity index (χ4v) is 6.67. The molecule has 2 heterocycles. The first-order chi connectivity index (χ1) is 35.2. The third-order valence-electron chi connectivity index (χ3n) is 9.22. The maximum absolute atomic E-state index is 9.64. The van der Waals surface area contributed by atoms with Gasteiger partial charge in [0.05, 0.1) is 31.6 Å². The van der Waals surface area contributed by atoms with Crippen LogP contribution in [0.5, 0.6) is 0 Å². The van der Waals surface area contributed by atoms with Crippen LogP contribution in [0.3, 0.4) is 0 Å². The van der Waals surface area contributed by atoms with E-state index in [2.05, 4.69) is 4.98 Å². The SMILES string of the molecule is [2H]c1c([2H])c(-c2nc(-c3ccccc3)nc(-c3cccc4c3oc3ccccc34)n2)c([2H])c(-c2c([2H])c([2H])c(-c3c([2H])c([2H])c4c5c([2H])c([2H])c([2H])c([2H])c5c5c([2H])c([2H])c([2H])c([2H])c5c4c3[2H])c([2H])c2[2H])c1[2H]. The lowest BCUT2D eigenvalue weighted by atomic mass is 9.92. The summed E-state index contributed by atoms with van der Waals surface area (Å²) in [6, 6.07) is 6.21. The maximum Gasteiger partial charge on any atom is 0.167 e. The highest BCUT2D eigenvalue weighted by molar-refractivity contribution is 6.25. The van der Waals surface area contributed by atoms with Crippen LogP contribution >= 0.6 is 0 Å². The van der Waals surface area contributed by atoms with Gasteiger partial charge in [-0.05, 0) is 78.8 Å². The maximum atomic E-state index is 9.64. The summed E-state index contributed by atoms with van der Waals surface area (Å²) in [5.74, 6) is -0.169. The van der Waals surface area contributed by atoms with Crippen molar-refractivity contribution in [2.45, 2.75) is 0 Å².